The van der Waals surface area contributed by atoms with Gasteiger partial charge in [0.15, 0.2) is 0 Å². The van der Waals surface area contributed by atoms with Gasteiger partial charge in [-0.2, -0.15) is 0 Å². The van der Waals surface area contributed by atoms with Gasteiger partial charge in [-0.3, -0.25) is 0 Å². The summed E-state index contributed by atoms with van der Waals surface area (Å²) in [6.07, 6.45) is 0. The molecule has 11 rings (SSSR count). The summed E-state index contributed by atoms with van der Waals surface area (Å²) in [5.74, 6) is 0. The summed E-state index contributed by atoms with van der Waals surface area (Å²) < 4.78 is 0. The third-order valence-corrected chi connectivity index (χ3v) is 12.2. The highest BCUT2D eigenvalue weighted by atomic mass is 14.4. The van der Waals surface area contributed by atoms with Gasteiger partial charge in [0.05, 0.1) is 0 Å². The Balaban J connectivity index is 1.07. The standard InChI is InChI=1S/C55H38/c1-55(2)50-29-28-41(34-49(50)54-44-20-6-5-14-36(44)27-30-51(54)55)39-17-12-19-43(33-39)53-47-23-9-7-21-45(47)52(46-22-8-10-24-48(46)53)42-18-11-16-38(32-42)40-26-25-35-13-3-4-15-37(35)31-40/h3-34H,1-2H3. The van der Waals surface area contributed by atoms with Gasteiger partial charge in [0.25, 0.3) is 0 Å². The van der Waals surface area contributed by atoms with E-state index in [1.807, 2.05) is 0 Å². The monoisotopic (exact) mass is 698 g/mol. The molecule has 0 heteroatoms. The fourth-order valence-corrected chi connectivity index (χ4v) is 9.53. The number of fused-ring (bicyclic) bond motifs is 8. The molecule has 0 bridgehead atoms. The Morgan fingerprint density at radius 2 is 0.709 bits per heavy atom. The molecule has 0 amide bonds. The first-order chi connectivity index (χ1) is 27.0. The van der Waals surface area contributed by atoms with E-state index in [2.05, 4.69) is 208 Å². The van der Waals surface area contributed by atoms with Gasteiger partial charge in [-0.25, -0.2) is 0 Å². The van der Waals surface area contributed by atoms with E-state index in [1.54, 1.807) is 0 Å². The van der Waals surface area contributed by atoms with Crippen LogP contribution in [0.25, 0.3) is 98.7 Å². The molecule has 0 saturated heterocycles. The molecule has 0 aliphatic heterocycles. The van der Waals surface area contributed by atoms with E-state index < -0.39 is 0 Å². The maximum Gasteiger partial charge on any atom is 0.0159 e. The number of hydrogen-bond acceptors (Lipinski definition) is 0. The highest BCUT2D eigenvalue weighted by Gasteiger charge is 2.36. The first kappa shape index (κ1) is 31.7. The van der Waals surface area contributed by atoms with Crippen molar-refractivity contribution < 1.29 is 0 Å². The molecule has 0 atom stereocenters. The molecule has 0 spiro atoms. The summed E-state index contributed by atoms with van der Waals surface area (Å²) in [6.45, 7) is 4.73. The van der Waals surface area contributed by atoms with E-state index in [-0.39, 0.29) is 5.41 Å². The topological polar surface area (TPSA) is 0 Å². The van der Waals surface area contributed by atoms with Gasteiger partial charge in [0.1, 0.15) is 0 Å². The largest absolute Gasteiger partial charge is 0.0616 e. The van der Waals surface area contributed by atoms with Crippen molar-refractivity contribution in [1.29, 1.82) is 0 Å². The molecular weight excluding hydrogens is 661 g/mol. The molecule has 10 aromatic rings. The van der Waals surface area contributed by atoms with Crippen molar-refractivity contribution in [1.82, 2.24) is 0 Å². The average Bonchev–Trinajstić information content (AvgIpc) is 3.48. The van der Waals surface area contributed by atoms with Crippen molar-refractivity contribution in [3.8, 4) is 55.6 Å². The van der Waals surface area contributed by atoms with Gasteiger partial charge in [0, 0.05) is 5.41 Å². The second-order valence-electron chi connectivity index (χ2n) is 15.7. The Morgan fingerprint density at radius 1 is 0.273 bits per heavy atom. The van der Waals surface area contributed by atoms with Crippen molar-refractivity contribution in [2.24, 2.45) is 0 Å². The van der Waals surface area contributed by atoms with Crippen LogP contribution >= 0.6 is 0 Å². The van der Waals surface area contributed by atoms with Crippen molar-refractivity contribution >= 4 is 43.1 Å². The predicted octanol–water partition coefficient (Wildman–Crippen LogP) is 15.3. The van der Waals surface area contributed by atoms with Gasteiger partial charge < -0.3 is 0 Å². The van der Waals surface area contributed by atoms with Crippen LogP contribution in [0.2, 0.25) is 0 Å². The van der Waals surface area contributed by atoms with Crippen LogP contribution in [0.4, 0.5) is 0 Å². The minimum absolute atomic E-state index is 0.0519. The van der Waals surface area contributed by atoms with E-state index in [9.17, 15) is 0 Å². The Kier molecular flexibility index (Phi) is 7.00. The molecule has 1 aliphatic rings. The van der Waals surface area contributed by atoms with Gasteiger partial charge in [-0.1, -0.05) is 184 Å². The lowest BCUT2D eigenvalue weighted by Crippen LogP contribution is -2.14. The molecule has 0 unspecified atom stereocenters. The molecule has 1 aliphatic carbocycles. The first-order valence-corrected chi connectivity index (χ1v) is 19.3. The zero-order valence-corrected chi connectivity index (χ0v) is 31.0. The molecule has 55 heavy (non-hydrogen) atoms. The summed E-state index contributed by atoms with van der Waals surface area (Å²) in [6, 6.07) is 72.2. The van der Waals surface area contributed by atoms with Crippen LogP contribution in [0.3, 0.4) is 0 Å². The summed E-state index contributed by atoms with van der Waals surface area (Å²) in [5.41, 5.74) is 15.4. The molecule has 258 valence electrons. The van der Waals surface area contributed by atoms with Gasteiger partial charge >= 0.3 is 0 Å². The van der Waals surface area contributed by atoms with Crippen molar-refractivity contribution in [2.75, 3.05) is 0 Å². The van der Waals surface area contributed by atoms with Gasteiger partial charge in [-0.15, -0.1) is 0 Å². The van der Waals surface area contributed by atoms with Crippen LogP contribution in [0, 0.1) is 0 Å². The normalized spacial score (nSPS) is 13.1. The number of benzene rings is 10. The van der Waals surface area contributed by atoms with Crippen LogP contribution in [0.15, 0.2) is 194 Å². The molecule has 0 fully saturated rings. The minimum atomic E-state index is -0.0519. The van der Waals surface area contributed by atoms with E-state index in [4.69, 9.17) is 0 Å². The maximum atomic E-state index is 2.44. The SMILES string of the molecule is CC1(C)c2ccc(-c3cccc(-c4c5ccccc5c(-c5cccc(-c6ccc7ccccc7c6)c5)c5ccccc45)c3)cc2-c2c1ccc1ccccc21. The Morgan fingerprint density at radius 3 is 1.33 bits per heavy atom. The molecule has 0 nitrogen and oxygen atoms in total. The van der Waals surface area contributed by atoms with E-state index >= 15 is 0 Å². The first-order valence-electron chi connectivity index (χ1n) is 19.3. The summed E-state index contributed by atoms with van der Waals surface area (Å²) in [5, 5.41) is 10.2. The Labute approximate surface area is 322 Å². The third kappa shape index (κ3) is 4.92. The van der Waals surface area contributed by atoms with Crippen molar-refractivity contribution in [3.05, 3.63) is 205 Å². The highest BCUT2D eigenvalue weighted by molar-refractivity contribution is 6.21. The summed E-state index contributed by atoms with van der Waals surface area (Å²) >= 11 is 0. The van der Waals surface area contributed by atoms with Crippen LogP contribution in [0.1, 0.15) is 25.0 Å². The lowest BCUT2D eigenvalue weighted by molar-refractivity contribution is 0.661. The fraction of sp³-hybridized carbons (Fsp3) is 0.0545. The van der Waals surface area contributed by atoms with Crippen molar-refractivity contribution in [3.63, 3.8) is 0 Å². The molecule has 0 aromatic heterocycles. The fourth-order valence-electron chi connectivity index (χ4n) is 9.53. The average molecular weight is 699 g/mol. The quantitative estimate of drug-likeness (QED) is 0.161. The lowest BCUT2D eigenvalue weighted by Gasteiger charge is -2.21. The summed E-state index contributed by atoms with van der Waals surface area (Å²) in [4.78, 5) is 0. The molecule has 0 saturated carbocycles. The zero-order chi connectivity index (χ0) is 36.7. The predicted molar refractivity (Wildman–Crippen MR) is 236 cm³/mol. The Bertz CT molecular complexity index is 3120. The summed E-state index contributed by atoms with van der Waals surface area (Å²) in [7, 11) is 0. The van der Waals surface area contributed by atoms with E-state index in [1.165, 1.54) is 110 Å². The molecule has 0 N–H and O–H groups in total. The molecular formula is C55H38. The second kappa shape index (κ2) is 12.1. The van der Waals surface area contributed by atoms with Crippen LogP contribution < -0.4 is 0 Å². The van der Waals surface area contributed by atoms with E-state index in [0.717, 1.165) is 0 Å². The zero-order valence-electron chi connectivity index (χ0n) is 31.0. The smallest absolute Gasteiger partial charge is 0.0159 e. The molecule has 0 radical (unpaired) electrons. The highest BCUT2D eigenvalue weighted by Crippen LogP contribution is 2.52. The second-order valence-corrected chi connectivity index (χ2v) is 15.7. The lowest BCUT2D eigenvalue weighted by atomic mass is 9.81. The maximum absolute atomic E-state index is 2.44. The third-order valence-electron chi connectivity index (χ3n) is 12.2. The van der Waals surface area contributed by atoms with Crippen LogP contribution in [0.5, 0.6) is 0 Å². The van der Waals surface area contributed by atoms with Crippen LogP contribution in [-0.2, 0) is 5.41 Å². The van der Waals surface area contributed by atoms with Gasteiger partial charge in [-0.05, 0) is 134 Å². The van der Waals surface area contributed by atoms with Crippen LogP contribution in [-0.4, -0.2) is 0 Å². The number of rotatable bonds is 4. The molecule has 10 aromatic carbocycles. The number of hydrogen-bond donors (Lipinski definition) is 0. The Hall–Kier alpha value is -6.76. The molecule has 0 heterocycles. The van der Waals surface area contributed by atoms with E-state index in [0.29, 0.717) is 0 Å². The van der Waals surface area contributed by atoms with Crippen molar-refractivity contribution in [2.45, 2.75) is 19.3 Å². The minimum Gasteiger partial charge on any atom is -0.0616 e. The van der Waals surface area contributed by atoms with Gasteiger partial charge in [0.2, 0.25) is 0 Å².